The summed E-state index contributed by atoms with van der Waals surface area (Å²) in [5.74, 6) is 0.729. The van der Waals surface area contributed by atoms with Crippen molar-refractivity contribution < 1.29 is 4.39 Å². The molecule has 0 heterocycles. The third-order valence-electron chi connectivity index (χ3n) is 3.96. The Bertz CT molecular complexity index is 385. The molecule has 0 bridgehead atoms. The van der Waals surface area contributed by atoms with Gasteiger partial charge in [-0.2, -0.15) is 0 Å². The van der Waals surface area contributed by atoms with Gasteiger partial charge in [-0.25, -0.2) is 4.39 Å². The van der Waals surface area contributed by atoms with Crippen LogP contribution in [-0.2, 0) is 0 Å². The van der Waals surface area contributed by atoms with E-state index in [-0.39, 0.29) is 11.9 Å². The lowest BCUT2D eigenvalue weighted by Crippen LogP contribution is -2.27. The van der Waals surface area contributed by atoms with Crippen molar-refractivity contribution in [2.24, 2.45) is 5.92 Å². The van der Waals surface area contributed by atoms with Gasteiger partial charge >= 0.3 is 0 Å². The van der Waals surface area contributed by atoms with E-state index in [2.05, 4.69) is 12.2 Å². The lowest BCUT2D eigenvalue weighted by Gasteiger charge is -2.30. The summed E-state index contributed by atoms with van der Waals surface area (Å²) in [6.45, 7) is 5.15. The summed E-state index contributed by atoms with van der Waals surface area (Å²) in [7, 11) is 0. The smallest absolute Gasteiger partial charge is 0.127 e. The van der Waals surface area contributed by atoms with Crippen LogP contribution < -0.4 is 5.32 Å². The molecule has 0 saturated heterocycles. The second kappa shape index (κ2) is 6.33. The molecule has 0 aromatic heterocycles. The van der Waals surface area contributed by atoms with Crippen molar-refractivity contribution in [3.05, 3.63) is 35.1 Å². The number of aryl methyl sites for hydroxylation is 1. The molecule has 1 aliphatic rings. The van der Waals surface area contributed by atoms with Crippen LogP contribution in [0.4, 0.5) is 4.39 Å². The molecule has 2 rings (SSSR count). The molecule has 1 aliphatic carbocycles. The monoisotopic (exact) mass is 249 g/mol. The fourth-order valence-corrected chi connectivity index (χ4v) is 2.63. The molecule has 1 unspecified atom stereocenters. The number of halogens is 1. The first kappa shape index (κ1) is 13.5. The topological polar surface area (TPSA) is 12.0 Å². The maximum atomic E-state index is 14.0. The molecule has 0 amide bonds. The second-order valence-electron chi connectivity index (χ2n) is 5.56. The Kier molecular flexibility index (Phi) is 4.76. The minimum atomic E-state index is -0.0615. The number of nitrogens with one attached hydrogen (secondary N) is 1. The van der Waals surface area contributed by atoms with E-state index in [0.29, 0.717) is 0 Å². The molecule has 1 aromatic rings. The fourth-order valence-electron chi connectivity index (χ4n) is 2.63. The molecule has 1 aromatic carbocycles. The first-order valence-electron chi connectivity index (χ1n) is 7.20. The van der Waals surface area contributed by atoms with Crippen LogP contribution in [0.15, 0.2) is 18.2 Å². The standard InChI is InChI=1S/C16H24FN/c1-3-9-18-16(11-13-5-4-6-13)14-10-12(2)7-8-15(14)17/h7-8,10,13,16,18H,3-6,9,11H2,1-2H3. The fraction of sp³-hybridized carbons (Fsp3) is 0.625. The van der Waals surface area contributed by atoms with E-state index in [1.807, 2.05) is 19.1 Å². The molecule has 1 N–H and O–H groups in total. The predicted molar refractivity (Wildman–Crippen MR) is 74.1 cm³/mol. The minimum Gasteiger partial charge on any atom is -0.310 e. The summed E-state index contributed by atoms with van der Waals surface area (Å²) in [6.07, 6.45) is 6.16. The van der Waals surface area contributed by atoms with Crippen LogP contribution in [-0.4, -0.2) is 6.54 Å². The van der Waals surface area contributed by atoms with Crippen LogP contribution in [0.1, 0.15) is 56.2 Å². The highest BCUT2D eigenvalue weighted by Crippen LogP contribution is 2.35. The summed E-state index contributed by atoms with van der Waals surface area (Å²) in [5.41, 5.74) is 2.00. The van der Waals surface area contributed by atoms with Crippen LogP contribution >= 0.6 is 0 Å². The van der Waals surface area contributed by atoms with Crippen molar-refractivity contribution in [2.75, 3.05) is 6.54 Å². The number of hydrogen-bond acceptors (Lipinski definition) is 1. The minimum absolute atomic E-state index is 0.0615. The highest BCUT2D eigenvalue weighted by atomic mass is 19.1. The molecule has 18 heavy (non-hydrogen) atoms. The maximum absolute atomic E-state index is 14.0. The average molecular weight is 249 g/mol. The van der Waals surface area contributed by atoms with Crippen LogP contribution in [0.3, 0.4) is 0 Å². The number of benzene rings is 1. The van der Waals surface area contributed by atoms with Gasteiger partial charge in [0, 0.05) is 11.6 Å². The van der Waals surface area contributed by atoms with Crippen molar-refractivity contribution in [1.29, 1.82) is 0 Å². The summed E-state index contributed by atoms with van der Waals surface area (Å²) >= 11 is 0. The first-order chi connectivity index (χ1) is 8.70. The zero-order valence-electron chi connectivity index (χ0n) is 11.5. The Morgan fingerprint density at radius 3 is 2.78 bits per heavy atom. The zero-order valence-corrected chi connectivity index (χ0v) is 11.5. The van der Waals surface area contributed by atoms with Crippen molar-refractivity contribution in [2.45, 2.75) is 52.0 Å². The molecule has 1 nitrogen and oxygen atoms in total. The lowest BCUT2D eigenvalue weighted by atomic mass is 9.79. The van der Waals surface area contributed by atoms with Crippen molar-refractivity contribution >= 4 is 0 Å². The SMILES string of the molecule is CCCNC(CC1CCC1)c1cc(C)ccc1F. The van der Waals surface area contributed by atoms with Gasteiger partial charge in [-0.05, 0) is 38.3 Å². The molecule has 2 heteroatoms. The largest absolute Gasteiger partial charge is 0.310 e. The van der Waals surface area contributed by atoms with Crippen molar-refractivity contribution in [3.8, 4) is 0 Å². The summed E-state index contributed by atoms with van der Waals surface area (Å²) in [5, 5.41) is 3.51. The molecule has 1 saturated carbocycles. The third-order valence-corrected chi connectivity index (χ3v) is 3.96. The van der Waals surface area contributed by atoms with Crippen molar-refractivity contribution in [1.82, 2.24) is 5.32 Å². The Hall–Kier alpha value is -0.890. The van der Waals surface area contributed by atoms with E-state index < -0.39 is 0 Å². The molecule has 1 atom stereocenters. The predicted octanol–water partition coefficient (Wildman–Crippen LogP) is 4.37. The third kappa shape index (κ3) is 3.32. The molecular formula is C16H24FN. The number of rotatable bonds is 6. The Labute approximate surface area is 110 Å². The second-order valence-corrected chi connectivity index (χ2v) is 5.56. The maximum Gasteiger partial charge on any atom is 0.127 e. The molecule has 1 fully saturated rings. The van der Waals surface area contributed by atoms with E-state index in [4.69, 9.17) is 0 Å². The van der Waals surface area contributed by atoms with Gasteiger partial charge in [-0.1, -0.05) is 43.9 Å². The first-order valence-corrected chi connectivity index (χ1v) is 7.20. The Morgan fingerprint density at radius 1 is 1.39 bits per heavy atom. The van der Waals surface area contributed by atoms with Gasteiger partial charge < -0.3 is 5.32 Å². The van der Waals surface area contributed by atoms with Gasteiger partial charge in [-0.3, -0.25) is 0 Å². The van der Waals surface area contributed by atoms with Gasteiger partial charge in [0.1, 0.15) is 5.82 Å². The molecule has 0 aliphatic heterocycles. The summed E-state index contributed by atoms with van der Waals surface area (Å²) < 4.78 is 14.0. The molecule has 0 spiro atoms. The van der Waals surface area contributed by atoms with Crippen LogP contribution in [0.25, 0.3) is 0 Å². The highest BCUT2D eigenvalue weighted by molar-refractivity contribution is 5.27. The van der Waals surface area contributed by atoms with E-state index in [1.165, 1.54) is 19.3 Å². The Balaban J connectivity index is 2.11. The normalized spacial score (nSPS) is 17.5. The van der Waals surface area contributed by atoms with Gasteiger partial charge in [0.2, 0.25) is 0 Å². The molecule has 0 radical (unpaired) electrons. The van der Waals surface area contributed by atoms with E-state index >= 15 is 0 Å². The molecule has 100 valence electrons. The summed E-state index contributed by atoms with van der Waals surface area (Å²) in [4.78, 5) is 0. The van der Waals surface area contributed by atoms with E-state index in [0.717, 1.165) is 36.4 Å². The molecular weight excluding hydrogens is 225 g/mol. The van der Waals surface area contributed by atoms with E-state index in [1.54, 1.807) is 6.07 Å². The average Bonchev–Trinajstić information content (AvgIpc) is 2.31. The quantitative estimate of drug-likeness (QED) is 0.789. The van der Waals surface area contributed by atoms with Crippen LogP contribution in [0.2, 0.25) is 0 Å². The van der Waals surface area contributed by atoms with Crippen LogP contribution in [0, 0.1) is 18.7 Å². The van der Waals surface area contributed by atoms with Gasteiger partial charge in [0.05, 0.1) is 0 Å². The van der Waals surface area contributed by atoms with Gasteiger partial charge in [0.15, 0.2) is 0 Å². The number of hydrogen-bond donors (Lipinski definition) is 1. The lowest BCUT2D eigenvalue weighted by molar-refractivity contribution is 0.259. The van der Waals surface area contributed by atoms with Gasteiger partial charge in [-0.15, -0.1) is 0 Å². The van der Waals surface area contributed by atoms with Crippen LogP contribution in [0.5, 0.6) is 0 Å². The summed E-state index contributed by atoms with van der Waals surface area (Å²) in [6, 6.07) is 5.64. The van der Waals surface area contributed by atoms with Gasteiger partial charge in [0.25, 0.3) is 0 Å². The highest BCUT2D eigenvalue weighted by Gasteiger charge is 2.24. The van der Waals surface area contributed by atoms with Crippen molar-refractivity contribution in [3.63, 3.8) is 0 Å². The Morgan fingerprint density at radius 2 is 2.17 bits per heavy atom. The zero-order chi connectivity index (χ0) is 13.0. The van der Waals surface area contributed by atoms with E-state index in [9.17, 15) is 4.39 Å².